The molecule has 0 aromatic carbocycles. The van der Waals surface area contributed by atoms with E-state index in [0.717, 1.165) is 49.2 Å². The quantitative estimate of drug-likeness (QED) is 0.929. The lowest BCUT2D eigenvalue weighted by molar-refractivity contribution is 0.275. The van der Waals surface area contributed by atoms with Gasteiger partial charge in [-0.25, -0.2) is 0 Å². The van der Waals surface area contributed by atoms with Crippen molar-refractivity contribution in [1.82, 2.24) is 15.1 Å². The third-order valence-electron chi connectivity index (χ3n) is 4.23. The molecule has 0 atom stereocenters. The van der Waals surface area contributed by atoms with E-state index in [1.54, 1.807) is 6.20 Å². The Bertz CT molecular complexity index is 573. The van der Waals surface area contributed by atoms with Gasteiger partial charge in [-0.05, 0) is 56.7 Å². The van der Waals surface area contributed by atoms with Crippen LogP contribution in [0.25, 0.3) is 11.4 Å². The predicted octanol–water partition coefficient (Wildman–Crippen LogP) is 2.67. The van der Waals surface area contributed by atoms with E-state index in [1.165, 1.54) is 0 Å². The first kappa shape index (κ1) is 13.2. The van der Waals surface area contributed by atoms with Gasteiger partial charge in [0, 0.05) is 23.9 Å². The van der Waals surface area contributed by atoms with Crippen LogP contribution in [0.4, 0.5) is 0 Å². The van der Waals surface area contributed by atoms with Gasteiger partial charge in [0.05, 0.1) is 0 Å². The predicted molar refractivity (Wildman–Crippen MR) is 76.0 cm³/mol. The molecule has 2 heterocycles. The molecule has 0 unspecified atom stereocenters. The van der Waals surface area contributed by atoms with Crippen LogP contribution in [0.2, 0.25) is 0 Å². The zero-order valence-electron chi connectivity index (χ0n) is 11.7. The largest absolute Gasteiger partial charge is 0.339 e. The minimum absolute atomic E-state index is 0.390. The third-order valence-corrected chi connectivity index (χ3v) is 4.23. The van der Waals surface area contributed by atoms with Crippen LogP contribution in [0.3, 0.4) is 0 Å². The van der Waals surface area contributed by atoms with E-state index in [9.17, 15) is 0 Å². The second-order valence-corrected chi connectivity index (χ2v) is 5.60. The van der Waals surface area contributed by atoms with Gasteiger partial charge in [-0.1, -0.05) is 5.16 Å². The Morgan fingerprint density at radius 3 is 2.80 bits per heavy atom. The minimum Gasteiger partial charge on any atom is -0.339 e. The zero-order chi connectivity index (χ0) is 13.9. The smallest absolute Gasteiger partial charge is 0.230 e. The van der Waals surface area contributed by atoms with E-state index in [-0.39, 0.29) is 0 Å². The molecular formula is C15H20N4O. The van der Waals surface area contributed by atoms with Crippen molar-refractivity contribution in [3.8, 4) is 11.4 Å². The fourth-order valence-electron chi connectivity index (χ4n) is 2.88. The first-order valence-corrected chi connectivity index (χ1v) is 7.22. The lowest BCUT2D eigenvalue weighted by Crippen LogP contribution is -2.20. The highest BCUT2D eigenvalue weighted by molar-refractivity contribution is 5.57. The first-order chi connectivity index (χ1) is 9.78. The first-order valence-electron chi connectivity index (χ1n) is 7.22. The van der Waals surface area contributed by atoms with Crippen molar-refractivity contribution in [1.29, 1.82) is 0 Å². The summed E-state index contributed by atoms with van der Waals surface area (Å²) in [5, 5.41) is 4.12. The van der Waals surface area contributed by atoms with Gasteiger partial charge in [-0.3, -0.25) is 4.98 Å². The molecule has 2 N–H and O–H groups in total. The van der Waals surface area contributed by atoms with Crippen molar-refractivity contribution in [3.63, 3.8) is 0 Å². The monoisotopic (exact) mass is 272 g/mol. The van der Waals surface area contributed by atoms with Crippen LogP contribution in [0.15, 0.2) is 23.0 Å². The summed E-state index contributed by atoms with van der Waals surface area (Å²) in [6, 6.07) is 1.93. The molecule has 5 nitrogen and oxygen atoms in total. The highest BCUT2D eigenvalue weighted by Gasteiger charge is 2.26. The molecule has 0 aliphatic heterocycles. The maximum absolute atomic E-state index is 5.73. The van der Waals surface area contributed by atoms with Gasteiger partial charge in [0.1, 0.15) is 0 Å². The van der Waals surface area contributed by atoms with E-state index < -0.39 is 0 Å². The van der Waals surface area contributed by atoms with Gasteiger partial charge < -0.3 is 10.3 Å². The summed E-state index contributed by atoms with van der Waals surface area (Å²) in [4.78, 5) is 8.67. The van der Waals surface area contributed by atoms with Crippen molar-refractivity contribution in [2.45, 2.75) is 38.5 Å². The number of pyridine rings is 1. The van der Waals surface area contributed by atoms with E-state index in [2.05, 4.69) is 15.1 Å². The van der Waals surface area contributed by atoms with Crippen molar-refractivity contribution >= 4 is 0 Å². The fourth-order valence-corrected chi connectivity index (χ4v) is 2.88. The molecule has 1 aliphatic carbocycles. The van der Waals surface area contributed by atoms with E-state index in [1.807, 2.05) is 19.2 Å². The molecule has 106 valence electrons. The molecule has 0 bridgehead atoms. The van der Waals surface area contributed by atoms with Crippen molar-refractivity contribution in [2.75, 3.05) is 6.54 Å². The SMILES string of the molecule is Cc1cnccc1-c1noc(C2CCC(CN)CC2)n1. The van der Waals surface area contributed by atoms with Crippen molar-refractivity contribution in [3.05, 3.63) is 29.9 Å². The lowest BCUT2D eigenvalue weighted by Gasteiger charge is -2.24. The molecule has 0 amide bonds. The average Bonchev–Trinajstić information content (AvgIpc) is 2.97. The molecule has 3 rings (SSSR count). The van der Waals surface area contributed by atoms with Crippen LogP contribution in [0, 0.1) is 12.8 Å². The Balaban J connectivity index is 1.76. The maximum Gasteiger partial charge on any atom is 0.230 e. The highest BCUT2D eigenvalue weighted by atomic mass is 16.5. The molecule has 0 saturated heterocycles. The number of hydrogen-bond donors (Lipinski definition) is 1. The summed E-state index contributed by atoms with van der Waals surface area (Å²) >= 11 is 0. The average molecular weight is 272 g/mol. The van der Waals surface area contributed by atoms with E-state index >= 15 is 0 Å². The Morgan fingerprint density at radius 1 is 1.30 bits per heavy atom. The summed E-state index contributed by atoms with van der Waals surface area (Å²) in [5.41, 5.74) is 7.78. The van der Waals surface area contributed by atoms with E-state index in [4.69, 9.17) is 10.3 Å². The number of hydrogen-bond acceptors (Lipinski definition) is 5. The Labute approximate surface area is 118 Å². The maximum atomic E-state index is 5.73. The summed E-state index contributed by atoms with van der Waals surface area (Å²) in [6.07, 6.45) is 8.08. The van der Waals surface area contributed by atoms with Gasteiger partial charge in [-0.15, -0.1) is 0 Å². The number of nitrogens with zero attached hydrogens (tertiary/aromatic N) is 3. The topological polar surface area (TPSA) is 77.8 Å². The lowest BCUT2D eigenvalue weighted by atomic mass is 9.82. The van der Waals surface area contributed by atoms with Crippen LogP contribution in [0.5, 0.6) is 0 Å². The molecule has 1 aliphatic rings. The second-order valence-electron chi connectivity index (χ2n) is 5.60. The molecule has 2 aromatic heterocycles. The third kappa shape index (κ3) is 2.58. The van der Waals surface area contributed by atoms with Gasteiger partial charge >= 0.3 is 0 Å². The van der Waals surface area contributed by atoms with Crippen molar-refractivity contribution < 1.29 is 4.52 Å². The molecule has 0 radical (unpaired) electrons. The van der Waals surface area contributed by atoms with Crippen molar-refractivity contribution in [2.24, 2.45) is 11.7 Å². The molecule has 5 heteroatoms. The number of aryl methyl sites for hydroxylation is 1. The Morgan fingerprint density at radius 2 is 2.10 bits per heavy atom. The van der Waals surface area contributed by atoms with Gasteiger partial charge in [0.25, 0.3) is 0 Å². The van der Waals surface area contributed by atoms with Crippen LogP contribution in [-0.4, -0.2) is 21.7 Å². The molecule has 0 spiro atoms. The zero-order valence-corrected chi connectivity index (χ0v) is 11.7. The normalized spacial score (nSPS) is 22.9. The Hall–Kier alpha value is -1.75. The molecule has 2 aromatic rings. The summed E-state index contributed by atoms with van der Waals surface area (Å²) in [7, 11) is 0. The molecular weight excluding hydrogens is 252 g/mol. The summed E-state index contributed by atoms with van der Waals surface area (Å²) in [6.45, 7) is 2.79. The number of rotatable bonds is 3. The van der Waals surface area contributed by atoms with Gasteiger partial charge in [0.15, 0.2) is 0 Å². The van der Waals surface area contributed by atoms with Crippen LogP contribution in [-0.2, 0) is 0 Å². The van der Waals surface area contributed by atoms with E-state index in [0.29, 0.717) is 17.7 Å². The summed E-state index contributed by atoms with van der Waals surface area (Å²) < 4.78 is 5.47. The van der Waals surface area contributed by atoms with Crippen LogP contribution in [0.1, 0.15) is 43.1 Å². The Kier molecular flexibility index (Phi) is 3.78. The fraction of sp³-hybridized carbons (Fsp3) is 0.533. The highest BCUT2D eigenvalue weighted by Crippen LogP contribution is 2.35. The minimum atomic E-state index is 0.390. The van der Waals surface area contributed by atoms with Gasteiger partial charge in [0.2, 0.25) is 11.7 Å². The van der Waals surface area contributed by atoms with Crippen LogP contribution < -0.4 is 5.73 Å². The number of nitrogens with two attached hydrogens (primary N) is 1. The molecule has 1 fully saturated rings. The molecule has 20 heavy (non-hydrogen) atoms. The van der Waals surface area contributed by atoms with Gasteiger partial charge in [-0.2, -0.15) is 4.98 Å². The molecule has 1 saturated carbocycles. The second kappa shape index (κ2) is 5.71. The standard InChI is InChI=1S/C15H20N4O/c1-10-9-17-7-6-13(10)14-18-15(20-19-14)12-4-2-11(8-16)3-5-12/h6-7,9,11-12H,2-5,8,16H2,1H3. The van der Waals surface area contributed by atoms with Crippen LogP contribution >= 0.6 is 0 Å². The summed E-state index contributed by atoms with van der Waals surface area (Å²) in [5.74, 6) is 2.49. The number of aromatic nitrogens is 3.